The first-order valence-corrected chi connectivity index (χ1v) is 21.8. The third-order valence-electron chi connectivity index (χ3n) is 14.1. The Labute approximate surface area is 355 Å². The van der Waals surface area contributed by atoms with Crippen molar-refractivity contribution in [2.24, 2.45) is 11.3 Å². The maximum absolute atomic E-state index is 13.6. The number of nitrogens with zero attached hydrogens (tertiary/aromatic N) is 7. The number of imide groups is 2. The van der Waals surface area contributed by atoms with Crippen molar-refractivity contribution in [1.29, 1.82) is 5.26 Å². The second kappa shape index (κ2) is 16.2. The summed E-state index contributed by atoms with van der Waals surface area (Å²) < 4.78 is 0. The molecule has 0 bridgehead atoms. The molecule has 5 saturated heterocycles. The Bertz CT molecular complexity index is 2270. The summed E-state index contributed by atoms with van der Waals surface area (Å²) in [6, 6.07) is 18.6. The van der Waals surface area contributed by atoms with Gasteiger partial charge in [0.15, 0.2) is 0 Å². The number of benzene rings is 3. The molecule has 3 aromatic rings. The minimum atomic E-state index is -0.972. The van der Waals surface area contributed by atoms with Crippen LogP contribution in [0.4, 0.5) is 17.1 Å². The number of nitriles is 1. The summed E-state index contributed by atoms with van der Waals surface area (Å²) in [5, 5.41) is 12.2. The van der Waals surface area contributed by atoms with Crippen molar-refractivity contribution in [3.05, 3.63) is 87.4 Å². The van der Waals surface area contributed by atoms with Crippen molar-refractivity contribution in [2.45, 2.75) is 57.9 Å². The number of rotatable bonds is 7. The van der Waals surface area contributed by atoms with Crippen molar-refractivity contribution in [2.75, 3.05) is 86.7 Å². The Balaban J connectivity index is 0.715. The molecule has 0 aliphatic carbocycles. The number of fused-ring (bicyclic) bond motifs is 1. The lowest BCUT2D eigenvalue weighted by Crippen LogP contribution is -2.54. The van der Waals surface area contributed by atoms with E-state index in [0.717, 1.165) is 124 Å². The van der Waals surface area contributed by atoms with Gasteiger partial charge in [-0.1, -0.05) is 11.6 Å². The van der Waals surface area contributed by atoms with E-state index in [1.54, 1.807) is 12.1 Å². The van der Waals surface area contributed by atoms with Gasteiger partial charge in [0, 0.05) is 101 Å². The fourth-order valence-electron chi connectivity index (χ4n) is 10.4. The number of amides is 5. The van der Waals surface area contributed by atoms with Crippen LogP contribution in [0.3, 0.4) is 0 Å². The topological polar surface area (TPSA) is 141 Å². The number of hydrogen-bond donors (Lipinski definition) is 1. The lowest BCUT2D eigenvalue weighted by atomic mass is 9.77. The molecule has 1 spiro atoms. The monoisotopic (exact) mass is 830 g/mol. The number of piperidine rings is 3. The number of hydrogen-bond acceptors (Lipinski definition) is 10. The van der Waals surface area contributed by atoms with Crippen LogP contribution in [0.15, 0.2) is 54.6 Å². The van der Waals surface area contributed by atoms with Crippen LogP contribution < -0.4 is 20.0 Å². The molecule has 5 fully saturated rings. The number of anilines is 3. The maximum atomic E-state index is 13.6. The van der Waals surface area contributed by atoms with Crippen LogP contribution in [0.25, 0.3) is 0 Å². The van der Waals surface area contributed by atoms with E-state index in [0.29, 0.717) is 40.7 Å². The van der Waals surface area contributed by atoms with Gasteiger partial charge in [0.25, 0.3) is 17.7 Å². The van der Waals surface area contributed by atoms with Gasteiger partial charge in [0.1, 0.15) is 12.1 Å². The predicted octanol–water partition coefficient (Wildman–Crippen LogP) is 5.09. The molecule has 9 rings (SSSR count). The highest BCUT2D eigenvalue weighted by atomic mass is 35.5. The SMILES string of the molecule is Cc1c(N2CCC3(CCN(c4ccc(C(=O)N5CCN(CC6CCN(c7ccc8c(c7)C(=O)N(C7CCC(=O)NC7=O)C8=O)CC6)CC5)cc4)CC3)C2)ccc(C#N)c1Cl. The van der Waals surface area contributed by atoms with Gasteiger partial charge in [0.2, 0.25) is 11.8 Å². The normalized spacial score (nSPS) is 22.4. The number of nitrogens with one attached hydrogen (secondary N) is 1. The summed E-state index contributed by atoms with van der Waals surface area (Å²) in [6.45, 7) is 11.7. The summed E-state index contributed by atoms with van der Waals surface area (Å²) in [5.41, 5.74) is 6.32. The van der Waals surface area contributed by atoms with Crippen LogP contribution in [0.5, 0.6) is 0 Å². The van der Waals surface area contributed by atoms with Gasteiger partial charge in [0.05, 0.1) is 21.7 Å². The Morgan fingerprint density at radius 1 is 0.783 bits per heavy atom. The van der Waals surface area contributed by atoms with E-state index in [1.807, 2.05) is 42.2 Å². The number of carbonyl (C=O) groups excluding carboxylic acids is 5. The van der Waals surface area contributed by atoms with Gasteiger partial charge in [-0.05, 0) is 117 Å². The van der Waals surface area contributed by atoms with Crippen molar-refractivity contribution in [3.63, 3.8) is 0 Å². The molecule has 312 valence electrons. The highest BCUT2D eigenvalue weighted by Gasteiger charge is 2.45. The molecular formula is C46H51ClN8O5. The van der Waals surface area contributed by atoms with Crippen LogP contribution in [0.1, 0.15) is 87.1 Å². The Hall–Kier alpha value is -5.45. The summed E-state index contributed by atoms with van der Waals surface area (Å²) in [5.74, 6) is -1.35. The van der Waals surface area contributed by atoms with Crippen LogP contribution >= 0.6 is 11.6 Å². The summed E-state index contributed by atoms with van der Waals surface area (Å²) in [7, 11) is 0. The van der Waals surface area contributed by atoms with E-state index >= 15 is 0 Å². The first kappa shape index (κ1) is 40.0. The highest BCUT2D eigenvalue weighted by Crippen LogP contribution is 2.44. The molecule has 1 unspecified atom stereocenters. The third kappa shape index (κ3) is 7.49. The first-order valence-electron chi connectivity index (χ1n) is 21.4. The summed E-state index contributed by atoms with van der Waals surface area (Å²) in [6.07, 6.45) is 5.62. The Morgan fingerprint density at radius 2 is 1.43 bits per heavy atom. The van der Waals surface area contributed by atoms with Crippen molar-refractivity contribution in [1.82, 2.24) is 20.0 Å². The molecule has 1 atom stereocenters. The fourth-order valence-corrected chi connectivity index (χ4v) is 10.6. The zero-order chi connectivity index (χ0) is 41.7. The molecule has 13 nitrogen and oxygen atoms in total. The van der Waals surface area contributed by atoms with Crippen molar-refractivity contribution >= 4 is 58.2 Å². The number of piperazine rings is 1. The number of halogens is 1. The second-order valence-corrected chi connectivity index (χ2v) is 18.0. The van der Waals surface area contributed by atoms with Crippen LogP contribution in [0, 0.1) is 29.6 Å². The molecule has 14 heteroatoms. The average molecular weight is 831 g/mol. The minimum absolute atomic E-state index is 0.0890. The van der Waals surface area contributed by atoms with E-state index in [2.05, 4.69) is 43.1 Å². The minimum Gasteiger partial charge on any atom is -0.371 e. The van der Waals surface area contributed by atoms with Gasteiger partial charge in [-0.25, -0.2) is 0 Å². The Morgan fingerprint density at radius 3 is 2.12 bits per heavy atom. The lowest BCUT2D eigenvalue weighted by Gasteiger charge is -2.40. The van der Waals surface area contributed by atoms with E-state index in [1.165, 1.54) is 0 Å². The molecule has 6 aliphatic heterocycles. The molecule has 60 heavy (non-hydrogen) atoms. The molecular weight excluding hydrogens is 780 g/mol. The largest absolute Gasteiger partial charge is 0.371 e. The molecule has 0 radical (unpaired) electrons. The molecule has 5 amide bonds. The van der Waals surface area contributed by atoms with Gasteiger partial charge in [-0.15, -0.1) is 0 Å². The third-order valence-corrected chi connectivity index (χ3v) is 14.6. The van der Waals surface area contributed by atoms with Crippen LogP contribution in [-0.4, -0.2) is 122 Å². The smallest absolute Gasteiger partial charge is 0.262 e. The molecule has 6 heterocycles. The van der Waals surface area contributed by atoms with Gasteiger partial charge >= 0.3 is 0 Å². The maximum Gasteiger partial charge on any atom is 0.262 e. The summed E-state index contributed by atoms with van der Waals surface area (Å²) >= 11 is 6.50. The van der Waals surface area contributed by atoms with E-state index in [4.69, 9.17) is 11.6 Å². The standard InChI is InChI=1S/C46H51ClN8O5/c1-30-38(9-4-33(27-48)41(30)47)54-21-16-46(29-54)14-19-52(20-15-46)34-5-2-32(3-6-34)43(58)53-24-22-50(23-25-53)28-31-12-17-51(18-13-31)35-7-8-36-37(26-35)45(60)55(44(36)59)39-10-11-40(56)49-42(39)57/h2-9,26,31,39H,10-25,28-29H2,1H3,(H,49,56,57). The van der Waals surface area contributed by atoms with Gasteiger partial charge < -0.3 is 19.6 Å². The molecule has 1 N–H and O–H groups in total. The Kier molecular flexibility index (Phi) is 10.8. The quantitative estimate of drug-likeness (QED) is 0.321. The lowest BCUT2D eigenvalue weighted by molar-refractivity contribution is -0.136. The summed E-state index contributed by atoms with van der Waals surface area (Å²) in [4.78, 5) is 76.7. The van der Waals surface area contributed by atoms with E-state index in [9.17, 15) is 29.2 Å². The van der Waals surface area contributed by atoms with Gasteiger partial charge in [-0.3, -0.25) is 39.1 Å². The zero-order valence-corrected chi connectivity index (χ0v) is 34.9. The first-order chi connectivity index (χ1) is 29.0. The average Bonchev–Trinajstić information content (AvgIpc) is 3.78. The molecule has 0 saturated carbocycles. The number of carbonyl (C=O) groups is 5. The van der Waals surface area contributed by atoms with Crippen LogP contribution in [0.2, 0.25) is 5.02 Å². The van der Waals surface area contributed by atoms with Gasteiger partial charge in [-0.2, -0.15) is 5.26 Å². The second-order valence-electron chi connectivity index (χ2n) is 17.6. The van der Waals surface area contributed by atoms with Crippen LogP contribution in [-0.2, 0) is 9.59 Å². The van der Waals surface area contributed by atoms with E-state index in [-0.39, 0.29) is 24.2 Å². The molecule has 3 aromatic carbocycles. The van der Waals surface area contributed by atoms with Crippen molar-refractivity contribution in [3.8, 4) is 6.07 Å². The fraction of sp³-hybridized carbons (Fsp3) is 0.478. The molecule has 0 aromatic heterocycles. The molecule has 6 aliphatic rings. The highest BCUT2D eigenvalue weighted by molar-refractivity contribution is 6.33. The van der Waals surface area contributed by atoms with Crippen molar-refractivity contribution < 1.29 is 24.0 Å². The predicted molar refractivity (Wildman–Crippen MR) is 228 cm³/mol. The van der Waals surface area contributed by atoms with E-state index < -0.39 is 29.7 Å². The zero-order valence-electron chi connectivity index (χ0n) is 34.1.